The molecule has 0 radical (unpaired) electrons. The monoisotopic (exact) mass is 363 g/mol. The first-order chi connectivity index (χ1) is 13.1. The summed E-state index contributed by atoms with van der Waals surface area (Å²) in [5.74, 6) is 0.370. The summed E-state index contributed by atoms with van der Waals surface area (Å²) in [7, 11) is 0. The Morgan fingerprint density at radius 3 is 2.81 bits per heavy atom. The quantitative estimate of drug-likeness (QED) is 0.718. The topological polar surface area (TPSA) is 89.8 Å². The number of hydrogen-bond donors (Lipinski definition) is 1. The zero-order valence-electron chi connectivity index (χ0n) is 15.1. The lowest BCUT2D eigenvalue weighted by Gasteiger charge is -2.25. The average Bonchev–Trinajstić information content (AvgIpc) is 3.11. The lowest BCUT2D eigenvalue weighted by Crippen LogP contribution is -2.19. The van der Waals surface area contributed by atoms with Gasteiger partial charge in [0.25, 0.3) is 5.91 Å². The molecule has 0 saturated heterocycles. The Labute approximate surface area is 156 Å². The van der Waals surface area contributed by atoms with E-state index < -0.39 is 0 Å². The van der Waals surface area contributed by atoms with Gasteiger partial charge in [-0.1, -0.05) is 6.07 Å². The minimum Gasteiger partial charge on any atom is -0.305 e. The number of hydrogen-bond acceptors (Lipinski definition) is 5. The summed E-state index contributed by atoms with van der Waals surface area (Å²) in [6.07, 6.45) is 8.45. The Bertz CT molecular complexity index is 989. The highest BCUT2D eigenvalue weighted by atomic mass is 16.2. The number of aryl methyl sites for hydroxylation is 1. The van der Waals surface area contributed by atoms with Gasteiger partial charge in [0.05, 0.1) is 12.2 Å². The van der Waals surface area contributed by atoms with Crippen LogP contribution >= 0.6 is 0 Å². The molecule has 0 spiro atoms. The molecule has 1 aliphatic rings. The number of rotatable bonds is 4. The number of anilines is 1. The summed E-state index contributed by atoms with van der Waals surface area (Å²) < 4.78 is 1.97. The summed E-state index contributed by atoms with van der Waals surface area (Å²) >= 11 is 0. The van der Waals surface area contributed by atoms with Crippen LogP contribution < -0.4 is 5.32 Å². The average molecular weight is 363 g/mol. The van der Waals surface area contributed by atoms with Gasteiger partial charge in [0.1, 0.15) is 23.3 Å². The van der Waals surface area contributed by atoms with E-state index in [0.29, 0.717) is 17.6 Å². The van der Waals surface area contributed by atoms with E-state index in [1.165, 1.54) is 0 Å². The first-order valence-corrected chi connectivity index (χ1v) is 9.17. The maximum atomic E-state index is 12.4. The van der Waals surface area contributed by atoms with E-state index in [2.05, 4.69) is 20.4 Å². The highest BCUT2D eigenvalue weighted by molar-refractivity contribution is 6.03. The number of fused-ring (bicyclic) bond motifs is 1. The molecule has 1 N–H and O–H groups in total. The van der Waals surface area contributed by atoms with Crippen molar-refractivity contribution in [3.05, 3.63) is 48.0 Å². The van der Waals surface area contributed by atoms with Gasteiger partial charge >= 0.3 is 0 Å². The molecule has 1 aliphatic carbocycles. The molecule has 0 bridgehead atoms. The van der Waals surface area contributed by atoms with Crippen LogP contribution in [0.4, 0.5) is 5.82 Å². The van der Waals surface area contributed by atoms with E-state index in [0.717, 1.165) is 48.6 Å². The minimum absolute atomic E-state index is 0.185. The van der Waals surface area contributed by atoms with Crippen LogP contribution in [0.15, 0.2) is 36.7 Å². The Kier molecular flexibility index (Phi) is 4.66. The maximum Gasteiger partial charge on any atom is 0.275 e. The molecule has 3 aromatic heterocycles. The third-order valence-electron chi connectivity index (χ3n) is 5.08. The summed E-state index contributed by atoms with van der Waals surface area (Å²) in [6, 6.07) is 7.45. The molecule has 7 heteroatoms. The number of aldehydes is 1. The number of pyridine rings is 2. The summed E-state index contributed by atoms with van der Waals surface area (Å²) in [6.45, 7) is 1.85. The van der Waals surface area contributed by atoms with Crippen LogP contribution in [-0.4, -0.2) is 31.9 Å². The van der Waals surface area contributed by atoms with Crippen molar-refractivity contribution < 1.29 is 9.59 Å². The molecule has 1 fully saturated rings. The van der Waals surface area contributed by atoms with Crippen molar-refractivity contribution in [3.63, 3.8) is 0 Å². The molecule has 27 heavy (non-hydrogen) atoms. The third kappa shape index (κ3) is 3.72. The number of carbonyl (C=O) groups excluding carboxylic acids is 2. The molecule has 138 valence electrons. The van der Waals surface area contributed by atoms with Crippen molar-refractivity contribution in [3.8, 4) is 0 Å². The normalized spacial score (nSPS) is 19.7. The Balaban J connectivity index is 1.51. The first-order valence-electron chi connectivity index (χ1n) is 9.17. The Hall–Kier alpha value is -3.09. The van der Waals surface area contributed by atoms with E-state index in [1.54, 1.807) is 18.3 Å². The zero-order valence-corrected chi connectivity index (χ0v) is 15.1. The van der Waals surface area contributed by atoms with Gasteiger partial charge in [-0.15, -0.1) is 0 Å². The SMILES string of the molecule is Cc1cccc(C(=O)Nc2cc3cn([C@H]4CC[C@H](C=O)CC4)nc3cn2)n1. The molecule has 0 aromatic carbocycles. The van der Waals surface area contributed by atoms with E-state index in [4.69, 9.17) is 0 Å². The van der Waals surface area contributed by atoms with E-state index in [9.17, 15) is 9.59 Å². The molecule has 3 heterocycles. The van der Waals surface area contributed by atoms with Crippen LogP contribution in [0, 0.1) is 12.8 Å². The number of nitrogens with zero attached hydrogens (tertiary/aromatic N) is 4. The summed E-state index contributed by atoms with van der Waals surface area (Å²) in [5.41, 5.74) is 1.94. The minimum atomic E-state index is -0.287. The Morgan fingerprint density at radius 1 is 1.26 bits per heavy atom. The standard InChI is InChI=1S/C20H21N5O2/c1-13-3-2-4-17(22-13)20(27)23-19-9-15-11-25(24-18(15)10-21-19)16-7-5-14(12-26)6-8-16/h2-4,9-12,14,16H,5-8H2,1H3,(H,23,27)/t14-,16-. The fraction of sp³-hybridized carbons (Fsp3) is 0.350. The molecular formula is C20H21N5O2. The van der Waals surface area contributed by atoms with Gasteiger partial charge in [0, 0.05) is 23.2 Å². The molecule has 4 rings (SSSR count). The highest BCUT2D eigenvalue weighted by Crippen LogP contribution is 2.31. The van der Waals surface area contributed by atoms with Crippen molar-refractivity contribution in [1.82, 2.24) is 19.7 Å². The van der Waals surface area contributed by atoms with Crippen molar-refractivity contribution >= 4 is 28.9 Å². The first kappa shape index (κ1) is 17.3. The zero-order chi connectivity index (χ0) is 18.8. The molecule has 3 aromatic rings. The fourth-order valence-electron chi connectivity index (χ4n) is 3.55. The van der Waals surface area contributed by atoms with Gasteiger partial charge in [0.2, 0.25) is 0 Å². The molecule has 0 atom stereocenters. The number of aromatic nitrogens is 4. The lowest BCUT2D eigenvalue weighted by molar-refractivity contribution is -0.112. The van der Waals surface area contributed by atoms with E-state index in [-0.39, 0.29) is 11.8 Å². The molecular weight excluding hydrogens is 342 g/mol. The van der Waals surface area contributed by atoms with Gasteiger partial charge in [-0.05, 0) is 50.8 Å². The lowest BCUT2D eigenvalue weighted by atomic mass is 9.87. The largest absolute Gasteiger partial charge is 0.305 e. The summed E-state index contributed by atoms with van der Waals surface area (Å²) in [5, 5.41) is 8.34. The van der Waals surface area contributed by atoms with Crippen LogP contribution in [-0.2, 0) is 4.79 Å². The molecule has 7 nitrogen and oxygen atoms in total. The second-order valence-corrected chi connectivity index (χ2v) is 7.06. The molecule has 0 unspecified atom stereocenters. The molecule has 1 amide bonds. The molecule has 1 saturated carbocycles. The van der Waals surface area contributed by atoms with Crippen LogP contribution in [0.1, 0.15) is 47.9 Å². The van der Waals surface area contributed by atoms with Crippen LogP contribution in [0.5, 0.6) is 0 Å². The van der Waals surface area contributed by atoms with Crippen molar-refractivity contribution in [2.75, 3.05) is 5.32 Å². The fourth-order valence-corrected chi connectivity index (χ4v) is 3.55. The van der Waals surface area contributed by atoms with Gasteiger partial charge in [-0.2, -0.15) is 5.10 Å². The predicted molar refractivity (Wildman–Crippen MR) is 102 cm³/mol. The van der Waals surface area contributed by atoms with Crippen LogP contribution in [0.2, 0.25) is 0 Å². The predicted octanol–water partition coefficient (Wildman–Crippen LogP) is 3.32. The molecule has 0 aliphatic heterocycles. The van der Waals surface area contributed by atoms with Crippen LogP contribution in [0.25, 0.3) is 10.9 Å². The van der Waals surface area contributed by atoms with Gasteiger partial charge < -0.3 is 10.1 Å². The van der Waals surface area contributed by atoms with E-state index >= 15 is 0 Å². The van der Waals surface area contributed by atoms with Gasteiger partial charge in [-0.3, -0.25) is 9.48 Å². The second kappa shape index (κ2) is 7.26. The number of amides is 1. The van der Waals surface area contributed by atoms with Crippen molar-refractivity contribution in [2.45, 2.75) is 38.6 Å². The smallest absolute Gasteiger partial charge is 0.275 e. The van der Waals surface area contributed by atoms with E-state index in [1.807, 2.05) is 29.9 Å². The maximum absolute atomic E-state index is 12.4. The van der Waals surface area contributed by atoms with Gasteiger partial charge in [-0.25, -0.2) is 9.97 Å². The highest BCUT2D eigenvalue weighted by Gasteiger charge is 2.22. The van der Waals surface area contributed by atoms with Crippen LogP contribution in [0.3, 0.4) is 0 Å². The number of carbonyl (C=O) groups is 2. The third-order valence-corrected chi connectivity index (χ3v) is 5.08. The van der Waals surface area contributed by atoms with Crippen molar-refractivity contribution in [1.29, 1.82) is 0 Å². The van der Waals surface area contributed by atoms with Gasteiger partial charge in [0.15, 0.2) is 0 Å². The summed E-state index contributed by atoms with van der Waals surface area (Å²) in [4.78, 5) is 31.8. The van der Waals surface area contributed by atoms with Crippen molar-refractivity contribution in [2.24, 2.45) is 5.92 Å². The Morgan fingerprint density at radius 2 is 2.07 bits per heavy atom. The second-order valence-electron chi connectivity index (χ2n) is 7.06. The number of nitrogens with one attached hydrogen (secondary N) is 1.